The van der Waals surface area contributed by atoms with Crippen LogP contribution in [0.4, 0.5) is 11.5 Å². The van der Waals surface area contributed by atoms with E-state index in [0.29, 0.717) is 23.9 Å². The molecule has 0 atom stereocenters. The van der Waals surface area contributed by atoms with Crippen molar-refractivity contribution < 1.29 is 9.53 Å². The van der Waals surface area contributed by atoms with Crippen molar-refractivity contribution in [2.75, 3.05) is 24.3 Å². The quantitative estimate of drug-likeness (QED) is 0.758. The summed E-state index contributed by atoms with van der Waals surface area (Å²) in [5.41, 5.74) is 0.273. The Morgan fingerprint density at radius 2 is 2.24 bits per heavy atom. The minimum absolute atomic E-state index is 0.0445. The fourth-order valence-electron chi connectivity index (χ4n) is 2.36. The summed E-state index contributed by atoms with van der Waals surface area (Å²) in [5.74, 6) is 1.07. The fourth-order valence-corrected chi connectivity index (χ4v) is 2.36. The largest absolute Gasteiger partial charge is 0.479 e. The van der Waals surface area contributed by atoms with E-state index in [1.165, 1.54) is 13.4 Å². The Kier molecular flexibility index (Phi) is 2.17. The van der Waals surface area contributed by atoms with Gasteiger partial charge in [-0.25, -0.2) is 4.98 Å². The lowest BCUT2D eigenvalue weighted by atomic mass is 9.68. The van der Waals surface area contributed by atoms with Crippen molar-refractivity contribution >= 4 is 17.4 Å². The number of fused-ring (bicyclic) bond motifs is 1. The number of ether oxygens (including phenoxy) is 1. The van der Waals surface area contributed by atoms with Crippen LogP contribution in [0, 0.1) is 5.41 Å². The number of carbonyl (C=O) groups excluding carboxylic acids is 1. The molecule has 1 aromatic rings. The summed E-state index contributed by atoms with van der Waals surface area (Å²) in [6, 6.07) is 0. The molecule has 1 aliphatic carbocycles. The number of carbonyl (C=O) groups is 1. The minimum Gasteiger partial charge on any atom is -0.479 e. The molecule has 1 aromatic heterocycles. The molecule has 2 aliphatic rings. The molecule has 1 saturated carbocycles. The van der Waals surface area contributed by atoms with Gasteiger partial charge in [-0.05, 0) is 12.8 Å². The van der Waals surface area contributed by atoms with E-state index in [2.05, 4.69) is 20.6 Å². The molecular weight excluding hydrogens is 220 g/mol. The number of amides is 1. The molecule has 0 unspecified atom stereocenters. The van der Waals surface area contributed by atoms with E-state index in [1.54, 1.807) is 0 Å². The molecule has 2 heterocycles. The fraction of sp³-hybridized carbons (Fsp3) is 0.545. The third-order valence-electron chi connectivity index (χ3n) is 3.63. The Hall–Kier alpha value is -1.85. The maximum Gasteiger partial charge on any atom is 0.242 e. The monoisotopic (exact) mass is 234 g/mol. The molecule has 1 spiro atoms. The van der Waals surface area contributed by atoms with Gasteiger partial charge in [0.05, 0.1) is 12.5 Å². The number of aromatic nitrogens is 2. The van der Waals surface area contributed by atoms with Crippen molar-refractivity contribution in [2.24, 2.45) is 5.41 Å². The van der Waals surface area contributed by atoms with Crippen LogP contribution in [0.2, 0.25) is 0 Å². The molecule has 6 nitrogen and oxygen atoms in total. The van der Waals surface area contributed by atoms with E-state index in [1.807, 2.05) is 0 Å². The smallest absolute Gasteiger partial charge is 0.242 e. The number of anilines is 2. The predicted octanol–water partition coefficient (Wildman–Crippen LogP) is 1.02. The number of methoxy groups -OCH3 is 1. The molecule has 1 aliphatic heterocycles. The van der Waals surface area contributed by atoms with E-state index in [0.717, 1.165) is 19.3 Å². The number of hydrogen-bond donors (Lipinski definition) is 2. The first-order valence-corrected chi connectivity index (χ1v) is 5.69. The Morgan fingerprint density at radius 3 is 2.88 bits per heavy atom. The molecule has 0 saturated heterocycles. The highest BCUT2D eigenvalue weighted by Gasteiger charge is 2.46. The molecule has 17 heavy (non-hydrogen) atoms. The third-order valence-corrected chi connectivity index (χ3v) is 3.63. The van der Waals surface area contributed by atoms with Gasteiger partial charge in [-0.2, -0.15) is 4.98 Å². The summed E-state index contributed by atoms with van der Waals surface area (Å²) in [4.78, 5) is 20.3. The zero-order valence-corrected chi connectivity index (χ0v) is 9.62. The van der Waals surface area contributed by atoms with Crippen molar-refractivity contribution in [3.05, 3.63) is 6.33 Å². The zero-order chi connectivity index (χ0) is 11.9. The SMILES string of the molecule is COc1ncnc2c1NC(=O)C1(CCC1)CN2. The van der Waals surface area contributed by atoms with Crippen LogP contribution in [0.1, 0.15) is 19.3 Å². The van der Waals surface area contributed by atoms with Crippen LogP contribution in [-0.2, 0) is 4.79 Å². The molecule has 3 rings (SSSR count). The van der Waals surface area contributed by atoms with Gasteiger partial charge in [-0.1, -0.05) is 6.42 Å². The van der Waals surface area contributed by atoms with Gasteiger partial charge in [0.1, 0.15) is 12.0 Å². The van der Waals surface area contributed by atoms with Gasteiger partial charge in [-0.15, -0.1) is 0 Å². The third kappa shape index (κ3) is 1.44. The van der Waals surface area contributed by atoms with E-state index in [-0.39, 0.29) is 11.3 Å². The maximum absolute atomic E-state index is 12.2. The normalized spacial score (nSPS) is 20.6. The van der Waals surface area contributed by atoms with Crippen molar-refractivity contribution in [3.8, 4) is 5.88 Å². The molecule has 0 aromatic carbocycles. The Labute approximate surface area is 98.8 Å². The molecule has 1 amide bonds. The molecule has 1 fully saturated rings. The summed E-state index contributed by atoms with van der Waals surface area (Å²) >= 11 is 0. The minimum atomic E-state index is -0.272. The van der Waals surface area contributed by atoms with E-state index >= 15 is 0 Å². The number of nitrogens with zero attached hydrogens (tertiary/aromatic N) is 2. The predicted molar refractivity (Wildman–Crippen MR) is 62.0 cm³/mol. The van der Waals surface area contributed by atoms with Crippen molar-refractivity contribution in [1.29, 1.82) is 0 Å². The lowest BCUT2D eigenvalue weighted by molar-refractivity contribution is -0.129. The van der Waals surface area contributed by atoms with Crippen LogP contribution in [0.5, 0.6) is 5.88 Å². The maximum atomic E-state index is 12.2. The second-order valence-electron chi connectivity index (χ2n) is 4.55. The zero-order valence-electron chi connectivity index (χ0n) is 9.62. The van der Waals surface area contributed by atoms with Gasteiger partial charge in [0, 0.05) is 6.54 Å². The van der Waals surface area contributed by atoms with Gasteiger partial charge in [0.25, 0.3) is 0 Å². The molecule has 6 heteroatoms. The Balaban J connectivity index is 1.99. The number of rotatable bonds is 1. The number of hydrogen-bond acceptors (Lipinski definition) is 5. The first kappa shape index (κ1) is 10.3. The van der Waals surface area contributed by atoms with Crippen LogP contribution in [0.15, 0.2) is 6.33 Å². The summed E-state index contributed by atoms with van der Waals surface area (Å²) in [6.45, 7) is 0.631. The van der Waals surface area contributed by atoms with E-state index in [4.69, 9.17) is 4.74 Å². The summed E-state index contributed by atoms with van der Waals surface area (Å²) in [6.07, 6.45) is 4.38. The van der Waals surface area contributed by atoms with Crippen molar-refractivity contribution in [1.82, 2.24) is 9.97 Å². The lowest BCUT2D eigenvalue weighted by Crippen LogP contribution is -2.45. The van der Waals surface area contributed by atoms with Gasteiger partial charge in [-0.3, -0.25) is 4.79 Å². The second-order valence-corrected chi connectivity index (χ2v) is 4.55. The molecule has 90 valence electrons. The van der Waals surface area contributed by atoms with Crippen LogP contribution in [0.3, 0.4) is 0 Å². The first-order valence-electron chi connectivity index (χ1n) is 5.69. The van der Waals surface area contributed by atoms with E-state index in [9.17, 15) is 4.79 Å². The summed E-state index contributed by atoms with van der Waals surface area (Å²) in [5, 5.41) is 6.09. The topological polar surface area (TPSA) is 76.1 Å². The summed E-state index contributed by atoms with van der Waals surface area (Å²) < 4.78 is 5.13. The van der Waals surface area contributed by atoms with Crippen LogP contribution in [-0.4, -0.2) is 29.5 Å². The van der Waals surface area contributed by atoms with Crippen molar-refractivity contribution in [3.63, 3.8) is 0 Å². The summed E-state index contributed by atoms with van der Waals surface area (Å²) in [7, 11) is 1.53. The van der Waals surface area contributed by atoms with Gasteiger partial charge >= 0.3 is 0 Å². The van der Waals surface area contributed by atoms with Crippen molar-refractivity contribution in [2.45, 2.75) is 19.3 Å². The average Bonchev–Trinajstić information content (AvgIpc) is 2.43. The molecule has 0 bridgehead atoms. The van der Waals surface area contributed by atoms with Gasteiger partial charge < -0.3 is 15.4 Å². The van der Waals surface area contributed by atoms with E-state index < -0.39 is 0 Å². The lowest BCUT2D eigenvalue weighted by Gasteiger charge is -2.38. The molecular formula is C11H14N4O2. The average molecular weight is 234 g/mol. The number of nitrogens with one attached hydrogen (secondary N) is 2. The van der Waals surface area contributed by atoms with Crippen LogP contribution >= 0.6 is 0 Å². The molecule has 2 N–H and O–H groups in total. The highest BCUT2D eigenvalue weighted by atomic mass is 16.5. The van der Waals surface area contributed by atoms with Gasteiger partial charge in [0.15, 0.2) is 5.82 Å². The highest BCUT2D eigenvalue weighted by molar-refractivity contribution is 6.01. The van der Waals surface area contributed by atoms with Gasteiger partial charge in [0.2, 0.25) is 11.8 Å². The highest BCUT2D eigenvalue weighted by Crippen LogP contribution is 2.45. The molecule has 0 radical (unpaired) electrons. The second kappa shape index (κ2) is 3.58. The Bertz CT molecular complexity index is 471. The standard InChI is InChI=1S/C11H14N4O2/c1-17-9-7-8(13-6-14-9)12-5-11(3-2-4-11)10(16)15-7/h6H,2-5H2,1H3,(H,15,16)(H,12,13,14). The van der Waals surface area contributed by atoms with Crippen LogP contribution in [0.25, 0.3) is 0 Å². The Morgan fingerprint density at radius 1 is 1.41 bits per heavy atom. The first-order chi connectivity index (χ1) is 8.25. The van der Waals surface area contributed by atoms with Crippen LogP contribution < -0.4 is 15.4 Å².